The van der Waals surface area contributed by atoms with Crippen molar-refractivity contribution in [2.75, 3.05) is 0 Å². The number of hydrogen-bond acceptors (Lipinski definition) is 8. The van der Waals surface area contributed by atoms with Gasteiger partial charge in [-0.2, -0.15) is 9.78 Å². The Hall–Kier alpha value is -3.11. The van der Waals surface area contributed by atoms with E-state index in [-0.39, 0.29) is 11.3 Å². The van der Waals surface area contributed by atoms with E-state index < -0.39 is 16.4 Å². The number of nitrogens with zero attached hydrogens (tertiary/aromatic N) is 5. The van der Waals surface area contributed by atoms with E-state index in [2.05, 4.69) is 15.3 Å². The zero-order valence-corrected chi connectivity index (χ0v) is 15.1. The lowest BCUT2D eigenvalue weighted by Gasteiger charge is -2.04. The van der Waals surface area contributed by atoms with Crippen molar-refractivity contribution in [1.29, 1.82) is 0 Å². The van der Waals surface area contributed by atoms with E-state index in [1.54, 1.807) is 6.07 Å². The molecule has 0 fully saturated rings. The Morgan fingerprint density at radius 3 is 2.81 bits per heavy atom. The number of benzene rings is 2. The van der Waals surface area contributed by atoms with E-state index in [1.807, 2.05) is 18.2 Å². The Balaban J connectivity index is 1.79. The molecule has 0 radical (unpaired) electrons. The summed E-state index contributed by atoms with van der Waals surface area (Å²) in [4.78, 5) is 10.1. The number of phenolic OH excluding ortho intramolecular Hbond substituents is 2. The first-order chi connectivity index (χ1) is 13.0. The molecule has 0 atom stereocenters. The summed E-state index contributed by atoms with van der Waals surface area (Å²) in [6.45, 7) is 0. The van der Waals surface area contributed by atoms with Crippen LogP contribution in [0.1, 0.15) is 11.1 Å². The molecule has 0 amide bonds. The lowest BCUT2D eigenvalue weighted by molar-refractivity contribution is -0.385. The Morgan fingerprint density at radius 1 is 1.30 bits per heavy atom. The number of thioether (sulfide) groups is 1. The summed E-state index contributed by atoms with van der Waals surface area (Å²) in [6.07, 6.45) is 2.57. The largest absolute Gasteiger partial charge is 0.507 e. The van der Waals surface area contributed by atoms with Crippen LogP contribution in [0.5, 0.6) is 11.5 Å². The van der Waals surface area contributed by atoms with Crippen LogP contribution in [-0.4, -0.2) is 36.2 Å². The highest BCUT2D eigenvalue weighted by Crippen LogP contribution is 2.32. The molecule has 2 N–H and O–H groups in total. The van der Waals surface area contributed by atoms with Gasteiger partial charge in [-0.3, -0.25) is 10.1 Å². The van der Waals surface area contributed by atoms with Crippen molar-refractivity contribution in [2.45, 2.75) is 10.9 Å². The van der Waals surface area contributed by atoms with Crippen LogP contribution in [0.3, 0.4) is 0 Å². The fourth-order valence-electron chi connectivity index (χ4n) is 2.11. The smallest absolute Gasteiger partial charge is 0.311 e. The third-order valence-corrected chi connectivity index (χ3v) is 4.81. The molecular formula is C16H12ClN5O4S. The Morgan fingerprint density at radius 2 is 2.07 bits per heavy atom. The second-order valence-electron chi connectivity index (χ2n) is 5.24. The number of nitro benzene ring substituents is 1. The van der Waals surface area contributed by atoms with E-state index in [0.717, 1.165) is 17.7 Å². The molecule has 1 aromatic heterocycles. The van der Waals surface area contributed by atoms with Gasteiger partial charge in [0, 0.05) is 28.5 Å². The number of hydrogen-bond donors (Lipinski definition) is 2. The number of aromatic hydroxyl groups is 2. The first kappa shape index (κ1) is 18.7. The molecule has 0 bridgehead atoms. The molecule has 138 valence electrons. The van der Waals surface area contributed by atoms with Crippen molar-refractivity contribution >= 4 is 35.3 Å². The molecule has 0 saturated heterocycles. The van der Waals surface area contributed by atoms with Gasteiger partial charge in [0.25, 0.3) is 0 Å². The Labute approximate surface area is 162 Å². The second kappa shape index (κ2) is 8.06. The third-order valence-electron chi connectivity index (χ3n) is 3.46. The lowest BCUT2D eigenvalue weighted by Crippen LogP contribution is -1.95. The summed E-state index contributed by atoms with van der Waals surface area (Å²) in [5, 5.41) is 43.2. The van der Waals surface area contributed by atoms with Crippen LogP contribution >= 0.6 is 23.4 Å². The first-order valence-corrected chi connectivity index (χ1v) is 8.83. The minimum atomic E-state index is -0.754. The highest BCUT2D eigenvalue weighted by Gasteiger charge is 2.16. The van der Waals surface area contributed by atoms with Gasteiger partial charge in [-0.05, 0) is 11.6 Å². The lowest BCUT2D eigenvalue weighted by atomic mass is 10.2. The summed E-state index contributed by atoms with van der Waals surface area (Å²) >= 11 is 7.48. The SMILES string of the molecule is O=[N+]([O-])c1cc(/C=N\n2cnnc2SCc2ccccc2Cl)c(O)cc1O. The molecule has 9 nitrogen and oxygen atoms in total. The Kier molecular flexibility index (Phi) is 5.57. The van der Waals surface area contributed by atoms with E-state index in [4.69, 9.17) is 11.6 Å². The number of phenols is 2. The number of aromatic nitrogens is 3. The number of halogens is 1. The van der Waals surface area contributed by atoms with Gasteiger partial charge in [0.15, 0.2) is 5.75 Å². The van der Waals surface area contributed by atoms with E-state index in [0.29, 0.717) is 15.9 Å². The monoisotopic (exact) mass is 405 g/mol. The molecular weight excluding hydrogens is 394 g/mol. The number of rotatable bonds is 6. The average molecular weight is 406 g/mol. The van der Waals surface area contributed by atoms with Crippen LogP contribution in [0.4, 0.5) is 5.69 Å². The molecule has 3 rings (SSSR count). The normalized spacial score (nSPS) is 11.1. The van der Waals surface area contributed by atoms with Crippen LogP contribution in [-0.2, 0) is 5.75 Å². The van der Waals surface area contributed by atoms with Gasteiger partial charge in [0.05, 0.1) is 11.1 Å². The van der Waals surface area contributed by atoms with Crippen LogP contribution in [0.2, 0.25) is 5.02 Å². The standard InChI is InChI=1S/C16H12ClN5O4S/c17-12-4-2-1-3-10(12)8-27-16-20-18-9-21(16)19-7-11-5-13(22(25)26)15(24)6-14(11)23/h1-7,9,23-24H,8H2/b19-7-. The first-order valence-electron chi connectivity index (χ1n) is 7.46. The van der Waals surface area contributed by atoms with Gasteiger partial charge >= 0.3 is 5.69 Å². The van der Waals surface area contributed by atoms with Crippen molar-refractivity contribution in [1.82, 2.24) is 14.9 Å². The summed E-state index contributed by atoms with van der Waals surface area (Å²) < 4.78 is 1.36. The van der Waals surface area contributed by atoms with Gasteiger partial charge in [0.2, 0.25) is 5.16 Å². The van der Waals surface area contributed by atoms with E-state index in [9.17, 15) is 20.3 Å². The zero-order valence-electron chi connectivity index (χ0n) is 13.6. The highest BCUT2D eigenvalue weighted by atomic mass is 35.5. The number of nitro groups is 1. The molecule has 0 spiro atoms. The summed E-state index contributed by atoms with van der Waals surface area (Å²) in [5.41, 5.74) is 0.455. The van der Waals surface area contributed by atoms with Crippen molar-refractivity contribution in [2.24, 2.45) is 5.10 Å². The van der Waals surface area contributed by atoms with Gasteiger partial charge in [0.1, 0.15) is 12.1 Å². The fourth-order valence-corrected chi connectivity index (χ4v) is 3.26. The highest BCUT2D eigenvalue weighted by molar-refractivity contribution is 7.98. The molecule has 0 saturated carbocycles. The quantitative estimate of drug-likeness (QED) is 0.278. The maximum absolute atomic E-state index is 10.9. The fraction of sp³-hybridized carbons (Fsp3) is 0.0625. The maximum atomic E-state index is 10.9. The van der Waals surface area contributed by atoms with Crippen molar-refractivity contribution in [3.63, 3.8) is 0 Å². The van der Waals surface area contributed by atoms with Crippen LogP contribution in [0.25, 0.3) is 0 Å². The van der Waals surface area contributed by atoms with Gasteiger partial charge < -0.3 is 10.2 Å². The minimum Gasteiger partial charge on any atom is -0.507 e. The van der Waals surface area contributed by atoms with Gasteiger partial charge in [-0.25, -0.2) is 0 Å². The summed E-state index contributed by atoms with van der Waals surface area (Å²) in [6, 6.07) is 9.32. The zero-order chi connectivity index (χ0) is 19.4. The summed E-state index contributed by atoms with van der Waals surface area (Å²) in [5.74, 6) is -0.431. The van der Waals surface area contributed by atoms with Crippen LogP contribution < -0.4 is 0 Å². The average Bonchev–Trinajstić information content (AvgIpc) is 3.07. The maximum Gasteiger partial charge on any atom is 0.311 e. The topological polar surface area (TPSA) is 127 Å². The minimum absolute atomic E-state index is 0.0650. The van der Waals surface area contributed by atoms with Crippen molar-refractivity contribution < 1.29 is 15.1 Å². The molecule has 1 heterocycles. The van der Waals surface area contributed by atoms with Crippen LogP contribution in [0, 0.1) is 10.1 Å². The molecule has 0 unspecified atom stereocenters. The second-order valence-corrected chi connectivity index (χ2v) is 6.59. The van der Waals surface area contributed by atoms with Crippen LogP contribution in [0.15, 0.2) is 53.0 Å². The molecule has 3 aromatic rings. The van der Waals surface area contributed by atoms with Gasteiger partial charge in [-0.15, -0.1) is 10.2 Å². The molecule has 0 aliphatic rings. The van der Waals surface area contributed by atoms with Gasteiger partial charge in [-0.1, -0.05) is 41.6 Å². The molecule has 11 heteroatoms. The molecule has 0 aliphatic carbocycles. The molecule has 2 aromatic carbocycles. The van der Waals surface area contributed by atoms with E-state index in [1.165, 1.54) is 29.0 Å². The summed E-state index contributed by atoms with van der Waals surface area (Å²) in [7, 11) is 0. The Bertz CT molecular complexity index is 1020. The molecule has 27 heavy (non-hydrogen) atoms. The molecule has 0 aliphatic heterocycles. The predicted molar refractivity (Wildman–Crippen MR) is 100 cm³/mol. The van der Waals surface area contributed by atoms with Crippen molar-refractivity contribution in [3.8, 4) is 11.5 Å². The third kappa shape index (κ3) is 4.36. The van der Waals surface area contributed by atoms with E-state index >= 15 is 0 Å². The predicted octanol–water partition coefficient (Wildman–Crippen LogP) is 3.43. The van der Waals surface area contributed by atoms with Crippen molar-refractivity contribution in [3.05, 3.63) is 69.0 Å².